The van der Waals surface area contributed by atoms with Crippen molar-refractivity contribution in [2.24, 2.45) is 4.99 Å². The van der Waals surface area contributed by atoms with E-state index in [1.165, 1.54) is 0 Å². The molecule has 1 heterocycles. The molecule has 5 N–H and O–H groups in total. The minimum absolute atomic E-state index is 0.201. The quantitative estimate of drug-likeness (QED) is 0.372. The molecule has 1 saturated carbocycles. The normalized spacial score (nSPS) is 42.4. The first-order chi connectivity index (χ1) is 8.56. The number of fused-ring (bicyclic) bond motifs is 1. The number of rotatable bonds is 4. The second-order valence-corrected chi connectivity index (χ2v) is 4.80. The SMILES string of the molecule is CCCCNC1=N[C@@H]2[C@H](O)[C@@H](O)[C@H](O)[C@]2(CO)O1. The molecule has 0 amide bonds. The van der Waals surface area contributed by atoms with Gasteiger partial charge in [0, 0.05) is 6.54 Å². The lowest BCUT2D eigenvalue weighted by atomic mass is 9.97. The Balaban J connectivity index is 2.10. The van der Waals surface area contributed by atoms with E-state index < -0.39 is 36.6 Å². The van der Waals surface area contributed by atoms with E-state index in [2.05, 4.69) is 10.3 Å². The van der Waals surface area contributed by atoms with Crippen molar-refractivity contribution in [1.29, 1.82) is 0 Å². The minimum atomic E-state index is -1.44. The highest BCUT2D eigenvalue weighted by atomic mass is 16.6. The van der Waals surface area contributed by atoms with Crippen LogP contribution in [-0.2, 0) is 4.74 Å². The molecule has 0 unspecified atom stereocenters. The average molecular weight is 260 g/mol. The Bertz CT molecular complexity index is 337. The summed E-state index contributed by atoms with van der Waals surface area (Å²) in [6.07, 6.45) is -2.01. The van der Waals surface area contributed by atoms with Gasteiger partial charge in [-0.15, -0.1) is 0 Å². The number of aliphatic hydroxyl groups is 4. The van der Waals surface area contributed by atoms with E-state index in [9.17, 15) is 20.4 Å². The van der Waals surface area contributed by atoms with Crippen LogP contribution in [0.4, 0.5) is 0 Å². The second kappa shape index (κ2) is 5.00. The zero-order chi connectivity index (χ0) is 13.3. The van der Waals surface area contributed by atoms with Crippen LogP contribution in [0.3, 0.4) is 0 Å². The fraction of sp³-hybridized carbons (Fsp3) is 0.909. The lowest BCUT2D eigenvalue weighted by molar-refractivity contribution is -0.101. The molecular weight excluding hydrogens is 240 g/mol. The summed E-state index contributed by atoms with van der Waals surface area (Å²) in [5.41, 5.74) is -1.44. The van der Waals surface area contributed by atoms with E-state index in [-0.39, 0.29) is 6.02 Å². The predicted molar refractivity (Wildman–Crippen MR) is 63.1 cm³/mol. The van der Waals surface area contributed by atoms with Gasteiger partial charge in [0.15, 0.2) is 5.60 Å². The summed E-state index contributed by atoms with van der Waals surface area (Å²) < 4.78 is 5.44. The van der Waals surface area contributed by atoms with Gasteiger partial charge in [-0.05, 0) is 6.42 Å². The van der Waals surface area contributed by atoms with Crippen LogP contribution >= 0.6 is 0 Å². The maximum absolute atomic E-state index is 9.88. The highest BCUT2D eigenvalue weighted by Crippen LogP contribution is 2.40. The monoisotopic (exact) mass is 260 g/mol. The van der Waals surface area contributed by atoms with Crippen LogP contribution < -0.4 is 5.32 Å². The van der Waals surface area contributed by atoms with Crippen LogP contribution in [0.15, 0.2) is 4.99 Å². The van der Waals surface area contributed by atoms with Gasteiger partial charge in [0.25, 0.3) is 6.02 Å². The van der Waals surface area contributed by atoms with Crippen LogP contribution in [0.1, 0.15) is 19.8 Å². The summed E-state index contributed by atoms with van der Waals surface area (Å²) in [4.78, 5) is 4.10. The fourth-order valence-corrected chi connectivity index (χ4v) is 2.44. The molecule has 7 heteroatoms. The van der Waals surface area contributed by atoms with Crippen molar-refractivity contribution in [3.05, 3.63) is 0 Å². The zero-order valence-corrected chi connectivity index (χ0v) is 10.3. The maximum Gasteiger partial charge on any atom is 0.285 e. The Morgan fingerprint density at radius 3 is 2.61 bits per heavy atom. The number of hydrogen-bond acceptors (Lipinski definition) is 7. The van der Waals surface area contributed by atoms with Crippen molar-refractivity contribution in [2.45, 2.75) is 49.7 Å². The van der Waals surface area contributed by atoms with Crippen molar-refractivity contribution in [2.75, 3.05) is 13.2 Å². The Hall–Kier alpha value is -0.890. The lowest BCUT2D eigenvalue weighted by Crippen LogP contribution is -2.52. The molecule has 0 aromatic rings. The molecule has 7 nitrogen and oxygen atoms in total. The third kappa shape index (κ3) is 1.87. The average Bonchev–Trinajstić information content (AvgIpc) is 2.82. The summed E-state index contributed by atoms with van der Waals surface area (Å²) in [6, 6.07) is -0.649. The molecule has 1 aliphatic heterocycles. The van der Waals surface area contributed by atoms with E-state index in [4.69, 9.17) is 4.74 Å². The van der Waals surface area contributed by atoms with E-state index in [1.54, 1.807) is 0 Å². The molecule has 5 atom stereocenters. The third-order valence-electron chi connectivity index (χ3n) is 3.59. The molecule has 18 heavy (non-hydrogen) atoms. The van der Waals surface area contributed by atoms with Gasteiger partial charge in [0.1, 0.15) is 24.4 Å². The van der Waals surface area contributed by atoms with Crippen LogP contribution in [-0.4, -0.2) is 69.6 Å². The molecule has 0 aromatic carbocycles. The molecule has 0 aromatic heterocycles. The largest absolute Gasteiger partial charge is 0.451 e. The molecule has 0 radical (unpaired) electrons. The summed E-state index contributed by atoms with van der Waals surface area (Å²) >= 11 is 0. The molecule has 1 aliphatic carbocycles. The number of aliphatic imine (C=N–C) groups is 1. The highest BCUT2D eigenvalue weighted by molar-refractivity contribution is 5.77. The van der Waals surface area contributed by atoms with E-state index in [0.717, 1.165) is 12.8 Å². The van der Waals surface area contributed by atoms with Crippen LogP contribution in [0, 0.1) is 0 Å². The van der Waals surface area contributed by atoms with E-state index >= 15 is 0 Å². The van der Waals surface area contributed by atoms with Crippen molar-refractivity contribution < 1.29 is 25.2 Å². The number of aliphatic hydroxyl groups excluding tert-OH is 4. The van der Waals surface area contributed by atoms with Gasteiger partial charge < -0.3 is 30.5 Å². The molecule has 104 valence electrons. The summed E-state index contributed by atoms with van der Waals surface area (Å²) in [5, 5.41) is 41.6. The summed E-state index contributed by atoms with van der Waals surface area (Å²) in [7, 11) is 0. The zero-order valence-electron chi connectivity index (χ0n) is 10.3. The summed E-state index contributed by atoms with van der Waals surface area (Å²) in [5.74, 6) is 0. The molecular formula is C11H20N2O5. The maximum atomic E-state index is 9.88. The third-order valence-corrected chi connectivity index (χ3v) is 3.59. The van der Waals surface area contributed by atoms with Crippen LogP contribution in [0.25, 0.3) is 0 Å². The topological polar surface area (TPSA) is 115 Å². The number of unbranched alkanes of at least 4 members (excludes halogenated alkanes) is 1. The smallest absolute Gasteiger partial charge is 0.285 e. The number of amidine groups is 1. The van der Waals surface area contributed by atoms with Gasteiger partial charge in [0.05, 0.1) is 6.61 Å². The van der Waals surface area contributed by atoms with Crippen molar-refractivity contribution in [3.8, 4) is 0 Å². The van der Waals surface area contributed by atoms with Gasteiger partial charge in [-0.25, -0.2) is 4.99 Å². The van der Waals surface area contributed by atoms with Gasteiger partial charge >= 0.3 is 0 Å². The standard InChI is InChI=1S/C11H20N2O5/c1-2-3-4-12-10-13-8-6(15)7(16)9(17)11(8,5-14)18-10/h6-9,14-17H,2-5H2,1H3,(H,12,13)/t6-,7-,8-,9+,11-/m1/s1. The first-order valence-electron chi connectivity index (χ1n) is 6.22. The highest BCUT2D eigenvalue weighted by Gasteiger charge is 2.65. The van der Waals surface area contributed by atoms with Crippen molar-refractivity contribution >= 4 is 6.02 Å². The Morgan fingerprint density at radius 1 is 1.33 bits per heavy atom. The van der Waals surface area contributed by atoms with Crippen molar-refractivity contribution in [1.82, 2.24) is 5.32 Å². The van der Waals surface area contributed by atoms with E-state index in [1.807, 2.05) is 6.92 Å². The van der Waals surface area contributed by atoms with Gasteiger partial charge in [-0.3, -0.25) is 0 Å². The Kier molecular flexibility index (Phi) is 3.76. The van der Waals surface area contributed by atoms with Gasteiger partial charge in [-0.1, -0.05) is 13.3 Å². The number of nitrogens with zero attached hydrogens (tertiary/aromatic N) is 1. The predicted octanol–water partition coefficient (Wildman–Crippen LogP) is -2.04. The lowest BCUT2D eigenvalue weighted by Gasteiger charge is -2.29. The Morgan fingerprint density at radius 2 is 2.06 bits per heavy atom. The van der Waals surface area contributed by atoms with Crippen LogP contribution in [0.5, 0.6) is 0 Å². The number of nitrogens with one attached hydrogen (secondary N) is 1. The minimum Gasteiger partial charge on any atom is -0.451 e. The van der Waals surface area contributed by atoms with Crippen molar-refractivity contribution in [3.63, 3.8) is 0 Å². The number of hydrogen-bond donors (Lipinski definition) is 5. The summed E-state index contributed by atoms with van der Waals surface area (Å²) in [6.45, 7) is 2.19. The van der Waals surface area contributed by atoms with Gasteiger partial charge in [0.2, 0.25) is 0 Å². The molecule has 1 fully saturated rings. The van der Waals surface area contributed by atoms with Crippen LogP contribution in [0.2, 0.25) is 0 Å². The molecule has 0 bridgehead atoms. The molecule has 0 spiro atoms. The van der Waals surface area contributed by atoms with E-state index in [0.29, 0.717) is 6.54 Å². The second-order valence-electron chi connectivity index (χ2n) is 4.80. The first kappa shape index (κ1) is 13.5. The molecule has 2 aliphatic rings. The molecule has 2 rings (SSSR count). The molecule has 0 saturated heterocycles. The fourth-order valence-electron chi connectivity index (χ4n) is 2.44. The number of ether oxygens (including phenoxy) is 1. The Labute approximate surface area is 105 Å². The van der Waals surface area contributed by atoms with Gasteiger partial charge in [-0.2, -0.15) is 0 Å². The first-order valence-corrected chi connectivity index (χ1v) is 6.22.